The largest absolute Gasteiger partial charge is 0.497 e. The highest BCUT2D eigenvalue weighted by molar-refractivity contribution is 5.69. The van der Waals surface area contributed by atoms with E-state index in [0.29, 0.717) is 6.61 Å². The zero-order valence-electron chi connectivity index (χ0n) is 9.10. The van der Waals surface area contributed by atoms with E-state index in [1.165, 1.54) is 0 Å². The molecule has 1 aromatic rings. The smallest absolute Gasteiger partial charge is 0.306 e. The number of rotatable bonds is 4. The van der Waals surface area contributed by atoms with Crippen LogP contribution in [-0.2, 0) is 15.1 Å². The van der Waals surface area contributed by atoms with E-state index in [0.717, 1.165) is 17.7 Å². The molecule has 0 saturated carbocycles. The lowest BCUT2D eigenvalue weighted by Gasteiger charge is -2.41. The summed E-state index contributed by atoms with van der Waals surface area (Å²) in [6.45, 7) is 0.624. The van der Waals surface area contributed by atoms with Crippen LogP contribution < -0.4 is 4.74 Å². The molecule has 4 heteroatoms. The molecule has 4 nitrogen and oxygen atoms in total. The van der Waals surface area contributed by atoms with E-state index >= 15 is 0 Å². The Morgan fingerprint density at radius 1 is 1.50 bits per heavy atom. The van der Waals surface area contributed by atoms with Crippen LogP contribution in [0.1, 0.15) is 18.4 Å². The topological polar surface area (TPSA) is 55.8 Å². The third kappa shape index (κ3) is 1.88. The standard InChI is InChI=1S/C12H14O4/c1-15-10-4-2-9(3-5-10)12(6-7-16-12)8-11(13)14/h2-5H,6-8H2,1H3,(H,13,14). The molecule has 1 N–H and O–H groups in total. The molecule has 1 saturated heterocycles. The second kappa shape index (κ2) is 4.14. The number of hydrogen-bond acceptors (Lipinski definition) is 3. The third-order valence-electron chi connectivity index (χ3n) is 2.94. The van der Waals surface area contributed by atoms with Crippen LogP contribution in [0.5, 0.6) is 5.75 Å². The second-order valence-corrected chi connectivity index (χ2v) is 3.89. The maximum absolute atomic E-state index is 10.8. The first-order valence-corrected chi connectivity index (χ1v) is 5.16. The van der Waals surface area contributed by atoms with Crippen molar-refractivity contribution >= 4 is 5.97 Å². The lowest BCUT2D eigenvalue weighted by Crippen LogP contribution is -2.42. The number of carboxylic acids is 1. The Balaban J connectivity index is 2.22. The van der Waals surface area contributed by atoms with Gasteiger partial charge < -0.3 is 14.6 Å². The van der Waals surface area contributed by atoms with Crippen molar-refractivity contribution in [3.63, 3.8) is 0 Å². The molecule has 1 heterocycles. The van der Waals surface area contributed by atoms with Gasteiger partial charge in [0.2, 0.25) is 0 Å². The van der Waals surface area contributed by atoms with Gasteiger partial charge in [0.15, 0.2) is 0 Å². The molecule has 0 aromatic heterocycles. The molecule has 0 bridgehead atoms. The minimum absolute atomic E-state index is 0.0132. The Bertz CT molecular complexity index is 379. The first-order chi connectivity index (χ1) is 7.66. The minimum Gasteiger partial charge on any atom is -0.497 e. The number of hydrogen-bond donors (Lipinski definition) is 1. The summed E-state index contributed by atoms with van der Waals surface area (Å²) < 4.78 is 10.5. The quantitative estimate of drug-likeness (QED) is 0.843. The van der Waals surface area contributed by atoms with Gasteiger partial charge >= 0.3 is 5.97 Å². The Morgan fingerprint density at radius 2 is 2.12 bits per heavy atom. The van der Waals surface area contributed by atoms with Crippen LogP contribution in [0.25, 0.3) is 0 Å². The number of carboxylic acid groups (broad SMARTS) is 1. The number of carbonyl (C=O) groups is 1. The van der Waals surface area contributed by atoms with Crippen LogP contribution in [0.15, 0.2) is 24.3 Å². The van der Waals surface area contributed by atoms with Gasteiger partial charge in [-0.1, -0.05) is 12.1 Å². The first-order valence-electron chi connectivity index (χ1n) is 5.16. The summed E-state index contributed by atoms with van der Waals surface area (Å²) in [5, 5.41) is 8.87. The van der Waals surface area contributed by atoms with Gasteiger partial charge in [-0.05, 0) is 17.7 Å². The van der Waals surface area contributed by atoms with Gasteiger partial charge in [-0.3, -0.25) is 4.79 Å². The maximum atomic E-state index is 10.8. The monoisotopic (exact) mass is 222 g/mol. The van der Waals surface area contributed by atoms with E-state index in [4.69, 9.17) is 14.6 Å². The van der Waals surface area contributed by atoms with Gasteiger partial charge in [0, 0.05) is 6.42 Å². The van der Waals surface area contributed by atoms with E-state index in [-0.39, 0.29) is 6.42 Å². The summed E-state index contributed by atoms with van der Waals surface area (Å²) in [6.07, 6.45) is 0.769. The summed E-state index contributed by atoms with van der Waals surface area (Å²) in [5.74, 6) is -0.0796. The molecule has 16 heavy (non-hydrogen) atoms. The van der Waals surface area contributed by atoms with Gasteiger partial charge in [-0.15, -0.1) is 0 Å². The van der Waals surface area contributed by atoms with Gasteiger partial charge in [0.05, 0.1) is 20.1 Å². The van der Waals surface area contributed by atoms with Crippen LogP contribution in [0.2, 0.25) is 0 Å². The maximum Gasteiger partial charge on any atom is 0.306 e. The number of ether oxygens (including phenoxy) is 2. The number of aliphatic carboxylic acids is 1. The summed E-state index contributed by atoms with van der Waals surface area (Å²) >= 11 is 0. The van der Waals surface area contributed by atoms with Crippen LogP contribution in [0.4, 0.5) is 0 Å². The number of methoxy groups -OCH3 is 1. The van der Waals surface area contributed by atoms with Gasteiger partial charge in [-0.2, -0.15) is 0 Å². The van der Waals surface area contributed by atoms with E-state index in [2.05, 4.69) is 0 Å². The highest BCUT2D eigenvalue weighted by atomic mass is 16.5. The molecule has 86 valence electrons. The van der Waals surface area contributed by atoms with Crippen LogP contribution in [0.3, 0.4) is 0 Å². The lowest BCUT2D eigenvalue weighted by atomic mass is 9.83. The van der Waals surface area contributed by atoms with Crippen molar-refractivity contribution < 1.29 is 19.4 Å². The predicted octanol–water partition coefficient (Wildman–Crippen LogP) is 1.79. The lowest BCUT2D eigenvalue weighted by molar-refractivity contribution is -0.176. The zero-order chi connectivity index (χ0) is 11.6. The van der Waals surface area contributed by atoms with Crippen molar-refractivity contribution in [1.82, 2.24) is 0 Å². The van der Waals surface area contributed by atoms with Crippen LogP contribution >= 0.6 is 0 Å². The fourth-order valence-electron chi connectivity index (χ4n) is 1.96. The van der Waals surface area contributed by atoms with Crippen LogP contribution in [-0.4, -0.2) is 24.8 Å². The molecule has 0 amide bonds. The molecule has 1 aliphatic heterocycles. The SMILES string of the molecule is COc1ccc(C2(CC(=O)O)CCO2)cc1. The molecule has 1 unspecified atom stereocenters. The molecular formula is C12H14O4. The van der Waals surface area contributed by atoms with E-state index in [9.17, 15) is 4.79 Å². The normalized spacial score (nSPS) is 23.6. The summed E-state index contributed by atoms with van der Waals surface area (Å²) in [6, 6.07) is 7.36. The third-order valence-corrected chi connectivity index (χ3v) is 2.94. The molecular weight excluding hydrogens is 208 g/mol. The van der Waals surface area contributed by atoms with Crippen molar-refractivity contribution in [2.75, 3.05) is 13.7 Å². The van der Waals surface area contributed by atoms with Crippen molar-refractivity contribution in [3.8, 4) is 5.75 Å². The summed E-state index contributed by atoms with van der Waals surface area (Å²) in [4.78, 5) is 10.8. The molecule has 1 aliphatic rings. The van der Waals surface area contributed by atoms with Crippen molar-refractivity contribution in [1.29, 1.82) is 0 Å². The zero-order valence-corrected chi connectivity index (χ0v) is 9.10. The van der Waals surface area contributed by atoms with Crippen molar-refractivity contribution in [3.05, 3.63) is 29.8 Å². The summed E-state index contributed by atoms with van der Waals surface area (Å²) in [5.41, 5.74) is 0.278. The molecule has 1 fully saturated rings. The van der Waals surface area contributed by atoms with Gasteiger partial charge in [0.1, 0.15) is 11.4 Å². The van der Waals surface area contributed by atoms with E-state index in [1.807, 2.05) is 24.3 Å². The first kappa shape index (κ1) is 11.0. The Labute approximate surface area is 93.8 Å². The summed E-state index contributed by atoms with van der Waals surface area (Å²) in [7, 11) is 1.60. The molecule has 0 radical (unpaired) electrons. The van der Waals surface area contributed by atoms with Gasteiger partial charge in [0.25, 0.3) is 0 Å². The fraction of sp³-hybridized carbons (Fsp3) is 0.417. The van der Waals surface area contributed by atoms with Crippen LogP contribution in [0, 0.1) is 0 Å². The Hall–Kier alpha value is -1.55. The molecule has 2 rings (SSSR count). The molecule has 0 aliphatic carbocycles. The molecule has 1 atom stereocenters. The van der Waals surface area contributed by atoms with E-state index < -0.39 is 11.6 Å². The van der Waals surface area contributed by atoms with Gasteiger partial charge in [-0.25, -0.2) is 0 Å². The number of benzene rings is 1. The average Bonchev–Trinajstić information content (AvgIpc) is 2.23. The second-order valence-electron chi connectivity index (χ2n) is 3.89. The highest BCUT2D eigenvalue weighted by Gasteiger charge is 2.42. The minimum atomic E-state index is -0.837. The van der Waals surface area contributed by atoms with Crippen molar-refractivity contribution in [2.45, 2.75) is 18.4 Å². The predicted molar refractivity (Wildman–Crippen MR) is 57.5 cm³/mol. The average molecular weight is 222 g/mol. The van der Waals surface area contributed by atoms with Crippen molar-refractivity contribution in [2.24, 2.45) is 0 Å². The Morgan fingerprint density at radius 3 is 2.50 bits per heavy atom. The van der Waals surface area contributed by atoms with E-state index in [1.54, 1.807) is 7.11 Å². The molecule has 0 spiro atoms. The Kier molecular flexibility index (Phi) is 2.83. The highest BCUT2D eigenvalue weighted by Crippen LogP contribution is 2.40. The fourth-order valence-corrected chi connectivity index (χ4v) is 1.96. The molecule has 1 aromatic carbocycles.